The topological polar surface area (TPSA) is 49.3 Å². The number of aliphatic carboxylic acids is 1. The van der Waals surface area contributed by atoms with E-state index >= 15 is 0 Å². The molecule has 1 atom stereocenters. The average molecular weight is 311 g/mol. The van der Waals surface area contributed by atoms with Crippen LogP contribution >= 0.6 is 11.3 Å². The molecule has 0 amide bonds. The first kappa shape index (κ1) is 14.6. The number of rotatable bonds is 5. The largest absolute Gasteiger partial charge is 0.479 e. The summed E-state index contributed by atoms with van der Waals surface area (Å²) in [7, 11) is 0. The quantitative estimate of drug-likeness (QED) is 0.718. The molecule has 0 saturated heterocycles. The van der Waals surface area contributed by atoms with Gasteiger partial charge >= 0.3 is 5.97 Å². The highest BCUT2D eigenvalue weighted by Gasteiger charge is 2.23. The summed E-state index contributed by atoms with van der Waals surface area (Å²) in [5.74, 6) is -0.866. The smallest absolute Gasteiger partial charge is 0.330 e. The molecule has 0 aliphatic carbocycles. The number of carbonyl (C=O) groups is 1. The van der Waals surface area contributed by atoms with Gasteiger partial charge < -0.3 is 10.4 Å². The third-order valence-corrected chi connectivity index (χ3v) is 4.75. The molecule has 22 heavy (non-hydrogen) atoms. The summed E-state index contributed by atoms with van der Waals surface area (Å²) in [6.07, 6.45) is 0.861. The summed E-state index contributed by atoms with van der Waals surface area (Å²) >= 11 is 1.58. The van der Waals surface area contributed by atoms with E-state index in [4.69, 9.17) is 0 Å². The maximum absolute atomic E-state index is 11.8. The number of carboxylic acid groups (broad SMARTS) is 1. The van der Waals surface area contributed by atoms with Crippen LogP contribution in [0.3, 0.4) is 0 Å². The van der Waals surface area contributed by atoms with Gasteiger partial charge in [-0.2, -0.15) is 0 Å². The molecule has 0 aliphatic rings. The minimum absolute atomic E-state index is 0.746. The Morgan fingerprint density at radius 1 is 1.18 bits per heavy atom. The standard InChI is InChI=1S/C18H17NO2S/c1-2-12-7-3-5-9-15(12)19-17(18(20)21)14-11-22-16-10-6-4-8-13(14)16/h3-11,17,19H,2H2,1H3,(H,20,21). The van der Waals surface area contributed by atoms with Crippen molar-refractivity contribution in [2.24, 2.45) is 0 Å². The van der Waals surface area contributed by atoms with Gasteiger partial charge in [0.2, 0.25) is 0 Å². The highest BCUT2D eigenvalue weighted by molar-refractivity contribution is 7.17. The van der Waals surface area contributed by atoms with Crippen molar-refractivity contribution in [3.63, 3.8) is 0 Å². The molecule has 0 radical (unpaired) electrons. The zero-order valence-electron chi connectivity index (χ0n) is 12.2. The second-order valence-corrected chi connectivity index (χ2v) is 6.02. The molecule has 2 N–H and O–H groups in total. The number of benzene rings is 2. The Labute approximate surface area is 133 Å². The summed E-state index contributed by atoms with van der Waals surface area (Å²) in [6, 6.07) is 15.0. The molecule has 3 nitrogen and oxygen atoms in total. The number of hydrogen-bond acceptors (Lipinski definition) is 3. The maximum atomic E-state index is 11.8. The first-order valence-corrected chi connectivity index (χ1v) is 8.12. The van der Waals surface area contributed by atoms with Crippen molar-refractivity contribution >= 4 is 33.1 Å². The van der Waals surface area contributed by atoms with Crippen LogP contribution in [-0.4, -0.2) is 11.1 Å². The molecule has 4 heteroatoms. The molecule has 0 bridgehead atoms. The highest BCUT2D eigenvalue weighted by Crippen LogP contribution is 2.33. The van der Waals surface area contributed by atoms with Crippen LogP contribution in [0.2, 0.25) is 0 Å². The van der Waals surface area contributed by atoms with Gasteiger partial charge in [0.05, 0.1) is 0 Å². The number of hydrogen-bond donors (Lipinski definition) is 2. The number of carboxylic acids is 1. The van der Waals surface area contributed by atoms with Crippen molar-refractivity contribution in [2.75, 3.05) is 5.32 Å². The number of para-hydroxylation sites is 1. The van der Waals surface area contributed by atoms with Crippen LogP contribution in [0.4, 0.5) is 5.69 Å². The second-order valence-electron chi connectivity index (χ2n) is 5.11. The summed E-state index contributed by atoms with van der Waals surface area (Å²) in [5, 5.41) is 15.8. The van der Waals surface area contributed by atoms with Gasteiger partial charge in [-0.25, -0.2) is 4.79 Å². The lowest BCUT2D eigenvalue weighted by Crippen LogP contribution is -2.20. The van der Waals surface area contributed by atoms with Crippen molar-refractivity contribution in [1.29, 1.82) is 0 Å². The van der Waals surface area contributed by atoms with Crippen molar-refractivity contribution < 1.29 is 9.90 Å². The lowest BCUT2D eigenvalue weighted by Gasteiger charge is -2.18. The van der Waals surface area contributed by atoms with E-state index in [2.05, 4.69) is 12.2 Å². The van der Waals surface area contributed by atoms with Crippen LogP contribution in [0.5, 0.6) is 0 Å². The summed E-state index contributed by atoms with van der Waals surface area (Å²) in [4.78, 5) is 11.8. The van der Waals surface area contributed by atoms with Gasteiger partial charge in [0.15, 0.2) is 6.04 Å². The van der Waals surface area contributed by atoms with Gasteiger partial charge in [0, 0.05) is 16.0 Å². The number of anilines is 1. The normalized spacial score (nSPS) is 12.2. The molecular formula is C18H17NO2S. The summed E-state index contributed by atoms with van der Waals surface area (Å²) in [6.45, 7) is 2.07. The van der Waals surface area contributed by atoms with Crippen molar-refractivity contribution in [1.82, 2.24) is 0 Å². The van der Waals surface area contributed by atoms with Crippen LogP contribution in [0.15, 0.2) is 53.9 Å². The Morgan fingerprint density at radius 3 is 2.68 bits per heavy atom. The van der Waals surface area contributed by atoms with E-state index in [0.717, 1.165) is 33.3 Å². The zero-order chi connectivity index (χ0) is 15.5. The van der Waals surface area contributed by atoms with E-state index in [1.807, 2.05) is 53.9 Å². The van der Waals surface area contributed by atoms with E-state index in [-0.39, 0.29) is 0 Å². The van der Waals surface area contributed by atoms with Crippen LogP contribution in [0.1, 0.15) is 24.1 Å². The predicted molar refractivity (Wildman–Crippen MR) is 91.6 cm³/mol. The Bertz CT molecular complexity index is 809. The van der Waals surface area contributed by atoms with Crippen LogP contribution in [0, 0.1) is 0 Å². The van der Waals surface area contributed by atoms with Gasteiger partial charge in [-0.3, -0.25) is 0 Å². The Hall–Kier alpha value is -2.33. The highest BCUT2D eigenvalue weighted by atomic mass is 32.1. The fourth-order valence-corrected chi connectivity index (χ4v) is 3.61. The minimum atomic E-state index is -0.866. The minimum Gasteiger partial charge on any atom is -0.479 e. The fourth-order valence-electron chi connectivity index (χ4n) is 2.62. The SMILES string of the molecule is CCc1ccccc1NC(C(=O)O)c1csc2ccccc12. The van der Waals surface area contributed by atoms with E-state index in [1.54, 1.807) is 11.3 Å². The number of thiophene rings is 1. The average Bonchev–Trinajstić information content (AvgIpc) is 2.96. The van der Waals surface area contributed by atoms with Crippen molar-refractivity contribution in [3.8, 4) is 0 Å². The second kappa shape index (κ2) is 6.20. The molecule has 0 fully saturated rings. The van der Waals surface area contributed by atoms with Gasteiger partial charge in [0.1, 0.15) is 0 Å². The first-order valence-electron chi connectivity index (χ1n) is 7.24. The fraction of sp³-hybridized carbons (Fsp3) is 0.167. The molecule has 3 rings (SSSR count). The third-order valence-electron chi connectivity index (χ3n) is 3.77. The number of nitrogens with one attached hydrogen (secondary N) is 1. The van der Waals surface area contributed by atoms with E-state index in [9.17, 15) is 9.90 Å². The molecule has 3 aromatic rings. The van der Waals surface area contributed by atoms with Crippen LogP contribution < -0.4 is 5.32 Å². The van der Waals surface area contributed by atoms with E-state index in [1.165, 1.54) is 0 Å². The number of aryl methyl sites for hydroxylation is 1. The molecule has 0 aliphatic heterocycles. The molecular weight excluding hydrogens is 294 g/mol. The van der Waals surface area contributed by atoms with Gasteiger partial charge in [-0.1, -0.05) is 43.3 Å². The van der Waals surface area contributed by atoms with Gasteiger partial charge in [-0.05, 0) is 34.9 Å². The Balaban J connectivity index is 2.02. The van der Waals surface area contributed by atoms with Gasteiger partial charge in [0.25, 0.3) is 0 Å². The van der Waals surface area contributed by atoms with Crippen molar-refractivity contribution in [3.05, 3.63) is 65.0 Å². The van der Waals surface area contributed by atoms with Crippen LogP contribution in [0.25, 0.3) is 10.1 Å². The first-order chi connectivity index (χ1) is 10.7. The third kappa shape index (κ3) is 2.70. The molecule has 0 saturated carbocycles. The molecule has 2 aromatic carbocycles. The monoisotopic (exact) mass is 311 g/mol. The molecule has 1 unspecified atom stereocenters. The van der Waals surface area contributed by atoms with Gasteiger partial charge in [-0.15, -0.1) is 11.3 Å². The summed E-state index contributed by atoms with van der Waals surface area (Å²) in [5.41, 5.74) is 2.82. The summed E-state index contributed by atoms with van der Waals surface area (Å²) < 4.78 is 1.11. The lowest BCUT2D eigenvalue weighted by atomic mass is 10.0. The predicted octanol–water partition coefficient (Wildman–Crippen LogP) is 4.70. The zero-order valence-corrected chi connectivity index (χ0v) is 13.1. The molecule has 0 spiro atoms. The Morgan fingerprint density at radius 2 is 1.91 bits per heavy atom. The van der Waals surface area contributed by atoms with E-state index < -0.39 is 12.0 Å². The lowest BCUT2D eigenvalue weighted by molar-refractivity contribution is -0.138. The number of fused-ring (bicyclic) bond motifs is 1. The van der Waals surface area contributed by atoms with Crippen LogP contribution in [-0.2, 0) is 11.2 Å². The van der Waals surface area contributed by atoms with E-state index in [0.29, 0.717) is 0 Å². The van der Waals surface area contributed by atoms with Crippen molar-refractivity contribution in [2.45, 2.75) is 19.4 Å². The molecule has 1 aromatic heterocycles. The molecule has 1 heterocycles. The maximum Gasteiger partial charge on any atom is 0.330 e. The Kier molecular flexibility index (Phi) is 4.11. The molecule has 112 valence electrons.